The highest BCUT2D eigenvalue weighted by Crippen LogP contribution is 2.30. The molecule has 1 aromatic rings. The zero-order valence-corrected chi connectivity index (χ0v) is 8.49. The fourth-order valence-electron chi connectivity index (χ4n) is 0.979. The Morgan fingerprint density at radius 2 is 2.06 bits per heavy atom. The average Bonchev–Trinajstić information content (AvgIpc) is 2.17. The van der Waals surface area contributed by atoms with E-state index in [-0.39, 0.29) is 5.69 Å². The fraction of sp³-hybridized carbons (Fsp3) is 0.100. The normalized spacial score (nSPS) is 10.2. The number of carbonyl (C=O) groups excluding carboxylic acids is 1. The van der Waals surface area contributed by atoms with Gasteiger partial charge >= 0.3 is 12.1 Å². The van der Waals surface area contributed by atoms with Crippen LogP contribution in [0.4, 0.5) is 18.9 Å². The molecule has 0 aliphatic rings. The molecule has 1 N–H and O–H groups in total. The summed E-state index contributed by atoms with van der Waals surface area (Å²) >= 11 is 4.96. The summed E-state index contributed by atoms with van der Waals surface area (Å²) in [6.07, 6.45) is -4.45. The molecule has 84 valence electrons. The van der Waals surface area contributed by atoms with Crippen LogP contribution in [-0.2, 0) is 11.0 Å². The molecule has 0 bridgehead atoms. The molecule has 0 saturated heterocycles. The number of hydrogen-bond donors (Lipinski definition) is 1. The molecule has 0 unspecified atom stereocenters. The van der Waals surface area contributed by atoms with Crippen molar-refractivity contribution < 1.29 is 18.0 Å². The molecule has 0 fully saturated rings. The van der Waals surface area contributed by atoms with Crippen molar-refractivity contribution in [3.8, 4) is 11.3 Å². The summed E-state index contributed by atoms with van der Waals surface area (Å²) in [7, 11) is 0. The molecule has 6 heteroatoms. The second-order valence-corrected chi connectivity index (χ2v) is 2.94. The summed E-state index contributed by atoms with van der Waals surface area (Å²) in [6.45, 7) is 0. The van der Waals surface area contributed by atoms with E-state index in [0.717, 1.165) is 12.1 Å². The predicted octanol–water partition coefficient (Wildman–Crippen LogP) is 2.84. The van der Waals surface area contributed by atoms with Crippen LogP contribution in [0, 0.1) is 11.3 Å². The number of amides is 1. The minimum atomic E-state index is -4.45. The lowest BCUT2D eigenvalue weighted by Crippen LogP contribution is -2.10. The second-order valence-electron chi connectivity index (χ2n) is 2.75. The van der Waals surface area contributed by atoms with Gasteiger partial charge in [-0.2, -0.15) is 13.2 Å². The summed E-state index contributed by atoms with van der Waals surface area (Å²) in [5.74, 6) is 1.17. The smallest absolute Gasteiger partial charge is 0.315 e. The van der Waals surface area contributed by atoms with Crippen LogP contribution in [0.15, 0.2) is 24.3 Å². The number of carbonyl (C=O) groups is 1. The molecular weight excluding hydrogens is 243 g/mol. The molecule has 0 aliphatic heterocycles. The van der Waals surface area contributed by atoms with Gasteiger partial charge in [-0.1, -0.05) is 6.07 Å². The molecule has 0 heterocycles. The van der Waals surface area contributed by atoms with Crippen LogP contribution in [0.3, 0.4) is 0 Å². The largest absolute Gasteiger partial charge is 0.416 e. The zero-order chi connectivity index (χ0) is 12.2. The number of halogens is 4. The number of nitrogens with one attached hydrogen (secondary N) is 1. The van der Waals surface area contributed by atoms with Gasteiger partial charge in [0, 0.05) is 17.0 Å². The Balaban J connectivity index is 2.90. The van der Waals surface area contributed by atoms with E-state index in [1.165, 1.54) is 12.1 Å². The first-order valence-electron chi connectivity index (χ1n) is 4.03. The summed E-state index contributed by atoms with van der Waals surface area (Å²) < 4.78 is 36.9. The third kappa shape index (κ3) is 3.48. The Hall–Kier alpha value is -1.67. The molecule has 0 spiro atoms. The van der Waals surface area contributed by atoms with Gasteiger partial charge in [0.25, 0.3) is 0 Å². The van der Waals surface area contributed by atoms with E-state index < -0.39 is 17.6 Å². The maximum absolute atomic E-state index is 12.3. The fourth-order valence-corrected chi connectivity index (χ4v) is 1.06. The maximum Gasteiger partial charge on any atom is 0.416 e. The molecule has 1 rings (SSSR count). The van der Waals surface area contributed by atoms with Gasteiger partial charge in [-0.05, 0) is 29.8 Å². The van der Waals surface area contributed by atoms with Gasteiger partial charge in [-0.15, -0.1) is 0 Å². The Morgan fingerprint density at radius 1 is 1.38 bits per heavy atom. The first kappa shape index (κ1) is 12.4. The highest BCUT2D eigenvalue weighted by atomic mass is 35.5. The predicted molar refractivity (Wildman–Crippen MR) is 53.7 cm³/mol. The molecule has 0 aromatic heterocycles. The van der Waals surface area contributed by atoms with E-state index in [0.29, 0.717) is 0 Å². The van der Waals surface area contributed by atoms with Gasteiger partial charge in [-0.25, -0.2) is 0 Å². The summed E-state index contributed by atoms with van der Waals surface area (Å²) in [5, 5.41) is 3.98. The van der Waals surface area contributed by atoms with Crippen molar-refractivity contribution >= 4 is 23.2 Å². The summed E-state index contributed by atoms with van der Waals surface area (Å²) in [4.78, 5) is 10.9. The van der Waals surface area contributed by atoms with Crippen molar-refractivity contribution in [3.63, 3.8) is 0 Å². The van der Waals surface area contributed by atoms with Crippen molar-refractivity contribution in [1.82, 2.24) is 0 Å². The van der Waals surface area contributed by atoms with Gasteiger partial charge in [0.1, 0.15) is 0 Å². The molecule has 0 aliphatic carbocycles. The number of hydrogen-bond acceptors (Lipinski definition) is 1. The van der Waals surface area contributed by atoms with E-state index in [1.807, 2.05) is 11.3 Å². The third-order valence-corrected chi connectivity index (χ3v) is 1.70. The minimum absolute atomic E-state index is 0.0132. The van der Waals surface area contributed by atoms with E-state index in [4.69, 9.17) is 11.6 Å². The molecule has 0 radical (unpaired) electrons. The van der Waals surface area contributed by atoms with E-state index in [9.17, 15) is 18.0 Å². The van der Waals surface area contributed by atoms with Crippen molar-refractivity contribution in [2.24, 2.45) is 0 Å². The monoisotopic (exact) mass is 247 g/mol. The molecule has 16 heavy (non-hydrogen) atoms. The van der Waals surface area contributed by atoms with Gasteiger partial charge in [-0.3, -0.25) is 4.79 Å². The summed E-state index contributed by atoms with van der Waals surface area (Å²) in [5.41, 5.74) is -0.830. The first-order valence-corrected chi connectivity index (χ1v) is 4.41. The standard InChI is InChI=1S/C10H5ClF3NO/c11-5-4-9(16)15-8-3-1-2-7(6-8)10(12,13)14/h1-3,6H,(H,15,16). The average molecular weight is 248 g/mol. The van der Waals surface area contributed by atoms with E-state index in [1.54, 1.807) is 0 Å². The van der Waals surface area contributed by atoms with Crippen molar-refractivity contribution in [1.29, 1.82) is 0 Å². The molecule has 1 aromatic carbocycles. The van der Waals surface area contributed by atoms with Crippen LogP contribution < -0.4 is 5.32 Å². The highest BCUT2D eigenvalue weighted by Gasteiger charge is 2.30. The number of anilines is 1. The van der Waals surface area contributed by atoms with Crippen LogP contribution in [0.2, 0.25) is 0 Å². The van der Waals surface area contributed by atoms with Gasteiger partial charge < -0.3 is 5.32 Å². The van der Waals surface area contributed by atoms with E-state index >= 15 is 0 Å². The maximum atomic E-state index is 12.3. The van der Waals surface area contributed by atoms with Crippen LogP contribution >= 0.6 is 11.6 Å². The molecule has 2 nitrogen and oxygen atoms in total. The third-order valence-electron chi connectivity index (χ3n) is 1.61. The van der Waals surface area contributed by atoms with Crippen molar-refractivity contribution in [2.45, 2.75) is 6.18 Å². The zero-order valence-electron chi connectivity index (χ0n) is 7.73. The Bertz CT molecular complexity index is 459. The van der Waals surface area contributed by atoms with Crippen LogP contribution in [0.1, 0.15) is 5.56 Å². The lowest BCUT2D eigenvalue weighted by molar-refractivity contribution is -0.137. The number of alkyl halides is 3. The second kappa shape index (κ2) is 4.90. The quantitative estimate of drug-likeness (QED) is 0.760. The van der Waals surface area contributed by atoms with Crippen LogP contribution in [0.25, 0.3) is 0 Å². The SMILES string of the molecule is O=C(C#CCl)Nc1cccc(C(F)(F)F)c1. The number of benzene rings is 1. The lowest BCUT2D eigenvalue weighted by Gasteiger charge is -2.08. The van der Waals surface area contributed by atoms with E-state index in [2.05, 4.69) is 5.32 Å². The Morgan fingerprint density at radius 3 is 2.62 bits per heavy atom. The van der Waals surface area contributed by atoms with Gasteiger partial charge in [0.05, 0.1) is 5.56 Å². The van der Waals surface area contributed by atoms with Crippen molar-refractivity contribution in [2.75, 3.05) is 5.32 Å². The molecular formula is C10H5ClF3NO. The Labute approximate surface area is 94.4 Å². The molecule has 1 amide bonds. The summed E-state index contributed by atoms with van der Waals surface area (Å²) in [6, 6.07) is 4.23. The van der Waals surface area contributed by atoms with Crippen LogP contribution in [-0.4, -0.2) is 5.91 Å². The highest BCUT2D eigenvalue weighted by molar-refractivity contribution is 6.32. The lowest BCUT2D eigenvalue weighted by atomic mass is 10.2. The Kier molecular flexibility index (Phi) is 3.80. The number of rotatable bonds is 1. The topological polar surface area (TPSA) is 29.1 Å². The van der Waals surface area contributed by atoms with Gasteiger partial charge in [0.15, 0.2) is 0 Å². The van der Waals surface area contributed by atoms with Crippen LogP contribution in [0.5, 0.6) is 0 Å². The van der Waals surface area contributed by atoms with Crippen molar-refractivity contribution in [3.05, 3.63) is 29.8 Å². The molecule has 0 saturated carbocycles. The minimum Gasteiger partial charge on any atom is -0.315 e. The molecule has 0 atom stereocenters. The first-order chi connectivity index (χ1) is 7.43. The van der Waals surface area contributed by atoms with Gasteiger partial charge in [0.2, 0.25) is 0 Å².